The molecule has 0 aliphatic heterocycles. The van der Waals surface area contributed by atoms with E-state index >= 15 is 0 Å². The van der Waals surface area contributed by atoms with E-state index in [1.165, 1.54) is 10.9 Å². The number of aromatic nitrogens is 2. The Hall–Kier alpha value is -0.900. The summed E-state index contributed by atoms with van der Waals surface area (Å²) in [6.45, 7) is -0.192. The van der Waals surface area contributed by atoms with E-state index in [9.17, 15) is 0 Å². The third kappa shape index (κ3) is 0.480. The molecule has 0 fully saturated rings. The van der Waals surface area contributed by atoms with Crippen LogP contribution in [0.5, 0.6) is 5.88 Å². The maximum Gasteiger partial charge on any atom is 0.226 e. The van der Waals surface area contributed by atoms with Gasteiger partial charge in [-0.2, -0.15) is 0 Å². The minimum Gasteiger partial charge on any atom is -0.492 e. The minimum absolute atomic E-state index is 0.0718. The molecule has 0 atom stereocenters. The van der Waals surface area contributed by atoms with Crippen molar-refractivity contribution in [2.45, 2.75) is 6.73 Å². The van der Waals surface area contributed by atoms with E-state index in [1.54, 1.807) is 0 Å². The standard InChI is InChI=1S/C3H6N2O2/c6-2-5-3(7)1-4-5/h1,4,6-7H,2H2. The molecule has 1 aromatic heterocycles. The molecule has 1 aromatic rings. The first kappa shape index (κ1) is 4.26. The minimum atomic E-state index is -0.192. The maximum atomic E-state index is 8.47. The molecule has 0 saturated carbocycles. The fourth-order valence-corrected chi connectivity index (χ4v) is 0.327. The van der Waals surface area contributed by atoms with Gasteiger partial charge >= 0.3 is 0 Å². The van der Waals surface area contributed by atoms with Crippen molar-refractivity contribution in [2.75, 3.05) is 0 Å². The Kier molecular flexibility index (Phi) is 0.796. The van der Waals surface area contributed by atoms with E-state index < -0.39 is 0 Å². The molecule has 0 radical (unpaired) electrons. The molecule has 0 saturated heterocycles. The van der Waals surface area contributed by atoms with Crippen molar-refractivity contribution in [3.8, 4) is 5.88 Å². The molecule has 0 spiro atoms. The SMILES string of the molecule is OCn1[nH]cc1O. The van der Waals surface area contributed by atoms with Gasteiger partial charge in [0.25, 0.3) is 0 Å². The summed E-state index contributed by atoms with van der Waals surface area (Å²) in [5, 5.41) is 19.2. The normalized spacial score (nSPS) is 9.86. The van der Waals surface area contributed by atoms with Crippen molar-refractivity contribution < 1.29 is 10.2 Å². The van der Waals surface area contributed by atoms with Crippen LogP contribution in [0, 0.1) is 0 Å². The van der Waals surface area contributed by atoms with E-state index in [0.29, 0.717) is 0 Å². The zero-order chi connectivity index (χ0) is 5.28. The summed E-state index contributed by atoms with van der Waals surface area (Å²) < 4.78 is 1.19. The number of nitrogens with zero attached hydrogens (tertiary/aromatic N) is 1. The summed E-state index contributed by atoms with van der Waals surface area (Å²) in [4.78, 5) is 0. The van der Waals surface area contributed by atoms with Crippen molar-refractivity contribution in [1.82, 2.24) is 9.78 Å². The second kappa shape index (κ2) is 1.31. The predicted molar refractivity (Wildman–Crippen MR) is 22.7 cm³/mol. The van der Waals surface area contributed by atoms with Crippen molar-refractivity contribution in [3.63, 3.8) is 0 Å². The van der Waals surface area contributed by atoms with Gasteiger partial charge in [-0.1, -0.05) is 0 Å². The molecule has 0 aliphatic carbocycles. The summed E-state index contributed by atoms with van der Waals surface area (Å²) >= 11 is 0. The van der Waals surface area contributed by atoms with Gasteiger partial charge in [-0.15, -0.1) is 0 Å². The predicted octanol–water partition coefficient (Wildman–Crippen LogP) is -0.528. The lowest BCUT2D eigenvalue weighted by atomic mass is 10.7. The van der Waals surface area contributed by atoms with Gasteiger partial charge in [0.2, 0.25) is 5.88 Å². The van der Waals surface area contributed by atoms with E-state index in [0.717, 1.165) is 0 Å². The lowest BCUT2D eigenvalue weighted by Gasteiger charge is -2.07. The highest BCUT2D eigenvalue weighted by atomic mass is 16.3. The van der Waals surface area contributed by atoms with Crippen LogP contribution in [0.25, 0.3) is 0 Å². The number of aromatic hydroxyl groups is 1. The second-order valence-corrected chi connectivity index (χ2v) is 1.20. The molecule has 7 heavy (non-hydrogen) atoms. The Morgan fingerprint density at radius 2 is 2.57 bits per heavy atom. The average molecular weight is 102 g/mol. The molecule has 0 bridgehead atoms. The number of aliphatic hydroxyl groups is 1. The molecule has 0 aromatic carbocycles. The van der Waals surface area contributed by atoms with E-state index in [2.05, 4.69) is 5.10 Å². The molecule has 0 amide bonds. The van der Waals surface area contributed by atoms with E-state index in [-0.39, 0.29) is 12.6 Å². The molecule has 0 aliphatic rings. The van der Waals surface area contributed by atoms with Crippen LogP contribution in [-0.4, -0.2) is 20.0 Å². The summed E-state index contributed by atoms with van der Waals surface area (Å²) in [6, 6.07) is 0. The Bertz CT molecular complexity index is 144. The molecule has 1 heterocycles. The van der Waals surface area contributed by atoms with Crippen LogP contribution in [-0.2, 0) is 6.73 Å². The topological polar surface area (TPSA) is 61.2 Å². The van der Waals surface area contributed by atoms with Crippen LogP contribution < -0.4 is 0 Å². The van der Waals surface area contributed by atoms with Crippen molar-refractivity contribution in [2.24, 2.45) is 0 Å². The molecule has 40 valence electrons. The molecular formula is C3H6N2O2. The number of nitrogens with one attached hydrogen (secondary N) is 1. The molecule has 0 unspecified atom stereocenters. The maximum absolute atomic E-state index is 8.47. The Balaban J connectivity index is 2.66. The van der Waals surface area contributed by atoms with Gasteiger partial charge in [-0.25, -0.2) is 4.68 Å². The van der Waals surface area contributed by atoms with E-state index in [1.807, 2.05) is 0 Å². The summed E-state index contributed by atoms with van der Waals surface area (Å²) in [5.41, 5.74) is 0. The van der Waals surface area contributed by atoms with Crippen LogP contribution in [0.4, 0.5) is 0 Å². The first-order chi connectivity index (χ1) is 3.34. The number of hydrogen-bond donors (Lipinski definition) is 3. The molecule has 1 rings (SSSR count). The third-order valence-corrected chi connectivity index (χ3v) is 0.767. The van der Waals surface area contributed by atoms with Gasteiger partial charge in [0.05, 0.1) is 6.20 Å². The van der Waals surface area contributed by atoms with E-state index in [4.69, 9.17) is 10.2 Å². The Morgan fingerprint density at radius 1 is 1.86 bits per heavy atom. The molecule has 4 nitrogen and oxygen atoms in total. The summed E-state index contributed by atoms with van der Waals surface area (Å²) in [6.07, 6.45) is 1.39. The third-order valence-electron chi connectivity index (χ3n) is 0.767. The van der Waals surface area contributed by atoms with Crippen molar-refractivity contribution >= 4 is 0 Å². The average Bonchev–Trinajstić information content (AvgIpc) is 1.65. The smallest absolute Gasteiger partial charge is 0.226 e. The van der Waals surface area contributed by atoms with Gasteiger partial charge in [-0.3, -0.25) is 5.10 Å². The summed E-state index contributed by atoms with van der Waals surface area (Å²) in [5.74, 6) is 0.0718. The Labute approximate surface area is 40.0 Å². The highest BCUT2D eigenvalue weighted by Gasteiger charge is 1.94. The number of hydrogen-bond acceptors (Lipinski definition) is 2. The quantitative estimate of drug-likeness (QED) is 0.446. The van der Waals surface area contributed by atoms with Gasteiger partial charge in [0, 0.05) is 0 Å². The van der Waals surface area contributed by atoms with Crippen LogP contribution >= 0.6 is 0 Å². The zero-order valence-electron chi connectivity index (χ0n) is 3.63. The number of H-pyrrole nitrogens is 1. The number of rotatable bonds is 1. The first-order valence-electron chi connectivity index (χ1n) is 1.88. The van der Waals surface area contributed by atoms with Gasteiger partial charge in [0.1, 0.15) is 6.73 Å². The lowest BCUT2D eigenvalue weighted by molar-refractivity contribution is 0.166. The highest BCUT2D eigenvalue weighted by molar-refractivity contribution is 5.00. The fourth-order valence-electron chi connectivity index (χ4n) is 0.327. The van der Waals surface area contributed by atoms with Gasteiger partial charge < -0.3 is 10.2 Å². The fraction of sp³-hybridized carbons (Fsp3) is 0.333. The van der Waals surface area contributed by atoms with Crippen LogP contribution in [0.3, 0.4) is 0 Å². The van der Waals surface area contributed by atoms with Crippen molar-refractivity contribution in [3.05, 3.63) is 6.20 Å². The van der Waals surface area contributed by atoms with Crippen molar-refractivity contribution in [1.29, 1.82) is 0 Å². The van der Waals surface area contributed by atoms with Crippen LogP contribution in [0.2, 0.25) is 0 Å². The van der Waals surface area contributed by atoms with Gasteiger partial charge in [0.15, 0.2) is 0 Å². The molecular weight excluding hydrogens is 96.0 g/mol. The van der Waals surface area contributed by atoms with Gasteiger partial charge in [-0.05, 0) is 0 Å². The second-order valence-electron chi connectivity index (χ2n) is 1.20. The zero-order valence-corrected chi connectivity index (χ0v) is 3.63. The summed E-state index contributed by atoms with van der Waals surface area (Å²) in [7, 11) is 0. The number of aromatic amines is 1. The Morgan fingerprint density at radius 3 is 2.57 bits per heavy atom. The van der Waals surface area contributed by atoms with Crippen LogP contribution in [0.15, 0.2) is 6.20 Å². The first-order valence-corrected chi connectivity index (χ1v) is 1.88. The number of aliphatic hydroxyl groups excluding tert-OH is 1. The monoisotopic (exact) mass is 102 g/mol. The largest absolute Gasteiger partial charge is 0.492 e. The molecule has 3 N–H and O–H groups in total. The lowest BCUT2D eigenvalue weighted by Crippen LogP contribution is -2.06. The highest BCUT2D eigenvalue weighted by Crippen LogP contribution is 2.04. The van der Waals surface area contributed by atoms with Crippen LogP contribution in [0.1, 0.15) is 0 Å². The molecule has 4 heteroatoms.